The maximum Gasteiger partial charge on any atom is 0.0593 e. The van der Waals surface area contributed by atoms with E-state index in [-0.39, 0.29) is 6.61 Å². The van der Waals surface area contributed by atoms with E-state index in [1.807, 2.05) is 0 Å². The lowest BCUT2D eigenvalue weighted by atomic mass is 10.1. The van der Waals surface area contributed by atoms with Gasteiger partial charge in [0.2, 0.25) is 0 Å². The predicted molar refractivity (Wildman–Crippen MR) is 71.3 cm³/mol. The van der Waals surface area contributed by atoms with Crippen molar-refractivity contribution in [2.45, 2.75) is 64.4 Å². The molecule has 0 amide bonds. The molecule has 0 spiro atoms. The minimum Gasteiger partial charge on any atom is -0.396 e. The van der Waals surface area contributed by atoms with Gasteiger partial charge < -0.3 is 14.6 Å². The van der Waals surface area contributed by atoms with Crippen molar-refractivity contribution in [3.05, 3.63) is 0 Å². The summed E-state index contributed by atoms with van der Waals surface area (Å²) >= 11 is 0. The van der Waals surface area contributed by atoms with Gasteiger partial charge in [-0.1, -0.05) is 39.0 Å². The van der Waals surface area contributed by atoms with E-state index in [2.05, 4.69) is 6.92 Å². The van der Waals surface area contributed by atoms with E-state index in [9.17, 15) is 0 Å². The molecule has 17 heavy (non-hydrogen) atoms. The zero-order chi connectivity index (χ0) is 12.8. The minimum atomic E-state index is 0.213. The average molecular weight is 246 g/mol. The molecule has 0 aliphatic heterocycles. The second kappa shape index (κ2) is 13.9. The Morgan fingerprint density at radius 3 is 2.35 bits per heavy atom. The number of unbranched alkanes of at least 4 members (excludes halogenated alkanes) is 4. The Morgan fingerprint density at radius 2 is 1.71 bits per heavy atom. The Kier molecular flexibility index (Phi) is 13.8. The Hall–Kier alpha value is -0.120. The van der Waals surface area contributed by atoms with Gasteiger partial charge in [-0.05, 0) is 19.3 Å². The molecule has 1 atom stereocenters. The molecule has 3 heteroatoms. The fraction of sp³-hybridized carbons (Fsp3) is 1.00. The lowest BCUT2D eigenvalue weighted by molar-refractivity contribution is 0.0425. The number of rotatable bonds is 13. The van der Waals surface area contributed by atoms with Gasteiger partial charge in [0.15, 0.2) is 0 Å². The summed E-state index contributed by atoms with van der Waals surface area (Å²) in [7, 11) is 1.78. The maximum atomic E-state index is 8.60. The normalized spacial score (nSPS) is 12.9. The molecule has 0 aromatic rings. The van der Waals surface area contributed by atoms with Crippen molar-refractivity contribution in [2.75, 3.05) is 26.9 Å². The van der Waals surface area contributed by atoms with E-state index >= 15 is 0 Å². The van der Waals surface area contributed by atoms with Gasteiger partial charge in [0.05, 0.1) is 6.10 Å². The molecule has 104 valence electrons. The van der Waals surface area contributed by atoms with Crippen LogP contribution in [0.3, 0.4) is 0 Å². The van der Waals surface area contributed by atoms with Gasteiger partial charge in [0.25, 0.3) is 0 Å². The van der Waals surface area contributed by atoms with Crippen molar-refractivity contribution in [2.24, 2.45) is 0 Å². The van der Waals surface area contributed by atoms with Crippen LogP contribution in [0.25, 0.3) is 0 Å². The van der Waals surface area contributed by atoms with Gasteiger partial charge >= 0.3 is 0 Å². The third kappa shape index (κ3) is 12.1. The molecule has 0 rings (SSSR count). The topological polar surface area (TPSA) is 38.7 Å². The van der Waals surface area contributed by atoms with Crippen LogP contribution in [0.4, 0.5) is 0 Å². The van der Waals surface area contributed by atoms with Crippen LogP contribution < -0.4 is 0 Å². The quantitative estimate of drug-likeness (QED) is 0.507. The first-order chi connectivity index (χ1) is 8.35. The Morgan fingerprint density at radius 1 is 0.941 bits per heavy atom. The lowest BCUT2D eigenvalue weighted by Gasteiger charge is -2.15. The van der Waals surface area contributed by atoms with Gasteiger partial charge in [0.1, 0.15) is 0 Å². The number of ether oxygens (including phenoxy) is 2. The van der Waals surface area contributed by atoms with E-state index in [0.29, 0.717) is 12.7 Å². The largest absolute Gasteiger partial charge is 0.396 e. The SMILES string of the molecule is CCCCCCC[C@H](CCOCCCO)OC. The molecule has 0 fully saturated rings. The number of hydrogen-bond acceptors (Lipinski definition) is 3. The van der Waals surface area contributed by atoms with E-state index < -0.39 is 0 Å². The zero-order valence-electron chi connectivity index (χ0n) is 11.6. The molecule has 0 heterocycles. The molecule has 0 unspecified atom stereocenters. The van der Waals surface area contributed by atoms with Gasteiger partial charge in [0, 0.05) is 26.9 Å². The fourth-order valence-electron chi connectivity index (χ4n) is 1.84. The lowest BCUT2D eigenvalue weighted by Crippen LogP contribution is -2.14. The van der Waals surface area contributed by atoms with Crippen molar-refractivity contribution in [3.8, 4) is 0 Å². The van der Waals surface area contributed by atoms with E-state index in [1.165, 1.54) is 32.1 Å². The van der Waals surface area contributed by atoms with Crippen molar-refractivity contribution in [3.63, 3.8) is 0 Å². The number of hydrogen-bond donors (Lipinski definition) is 1. The molecule has 0 aliphatic carbocycles. The highest BCUT2D eigenvalue weighted by molar-refractivity contribution is 4.58. The molecule has 0 aliphatic rings. The third-order valence-electron chi connectivity index (χ3n) is 2.99. The summed E-state index contributed by atoms with van der Waals surface area (Å²) in [5.41, 5.74) is 0. The van der Waals surface area contributed by atoms with Crippen LogP contribution in [-0.4, -0.2) is 38.1 Å². The van der Waals surface area contributed by atoms with Crippen LogP contribution in [0, 0.1) is 0 Å². The van der Waals surface area contributed by atoms with Crippen LogP contribution in [0.2, 0.25) is 0 Å². The van der Waals surface area contributed by atoms with Crippen molar-refractivity contribution >= 4 is 0 Å². The third-order valence-corrected chi connectivity index (χ3v) is 2.99. The first-order valence-corrected chi connectivity index (χ1v) is 7.06. The van der Waals surface area contributed by atoms with Gasteiger partial charge in [-0.15, -0.1) is 0 Å². The molecule has 0 saturated heterocycles. The molecule has 0 saturated carbocycles. The highest BCUT2D eigenvalue weighted by Crippen LogP contribution is 2.11. The molecule has 0 aromatic carbocycles. The fourth-order valence-corrected chi connectivity index (χ4v) is 1.84. The molecular weight excluding hydrogens is 216 g/mol. The van der Waals surface area contributed by atoms with Crippen LogP contribution in [0.5, 0.6) is 0 Å². The van der Waals surface area contributed by atoms with E-state index in [1.54, 1.807) is 7.11 Å². The summed E-state index contributed by atoms with van der Waals surface area (Å²) in [5.74, 6) is 0. The van der Waals surface area contributed by atoms with Crippen LogP contribution >= 0.6 is 0 Å². The Bertz CT molecular complexity index is 125. The van der Waals surface area contributed by atoms with Crippen LogP contribution in [0.1, 0.15) is 58.3 Å². The smallest absolute Gasteiger partial charge is 0.0593 e. The van der Waals surface area contributed by atoms with Crippen molar-refractivity contribution in [1.82, 2.24) is 0 Å². The molecular formula is C14H30O3. The standard InChI is InChI=1S/C14H30O3/c1-3-4-5-6-7-9-14(16-2)10-13-17-12-8-11-15/h14-15H,3-13H2,1-2H3/t14-/m1/s1. The summed E-state index contributed by atoms with van der Waals surface area (Å²) < 4.78 is 10.8. The molecule has 1 N–H and O–H groups in total. The van der Waals surface area contributed by atoms with E-state index in [0.717, 1.165) is 25.9 Å². The summed E-state index contributed by atoms with van der Waals surface area (Å²) in [6, 6.07) is 0. The molecule has 3 nitrogen and oxygen atoms in total. The summed E-state index contributed by atoms with van der Waals surface area (Å²) in [6.45, 7) is 3.85. The summed E-state index contributed by atoms with van der Waals surface area (Å²) in [4.78, 5) is 0. The number of aliphatic hydroxyl groups excluding tert-OH is 1. The first-order valence-electron chi connectivity index (χ1n) is 7.06. The van der Waals surface area contributed by atoms with Crippen molar-refractivity contribution in [1.29, 1.82) is 0 Å². The summed E-state index contributed by atoms with van der Waals surface area (Å²) in [6.07, 6.45) is 9.75. The highest BCUT2D eigenvalue weighted by Gasteiger charge is 2.06. The van der Waals surface area contributed by atoms with Crippen molar-refractivity contribution < 1.29 is 14.6 Å². The zero-order valence-corrected chi connectivity index (χ0v) is 11.6. The maximum absolute atomic E-state index is 8.60. The monoisotopic (exact) mass is 246 g/mol. The van der Waals surface area contributed by atoms with Gasteiger partial charge in [-0.25, -0.2) is 0 Å². The Balaban J connectivity index is 3.30. The molecule has 0 aromatic heterocycles. The molecule has 0 bridgehead atoms. The number of methoxy groups -OCH3 is 1. The second-order valence-corrected chi connectivity index (χ2v) is 4.54. The van der Waals surface area contributed by atoms with E-state index in [4.69, 9.17) is 14.6 Å². The predicted octanol–water partition coefficient (Wildman–Crippen LogP) is 3.15. The van der Waals surface area contributed by atoms with Crippen LogP contribution in [0.15, 0.2) is 0 Å². The minimum absolute atomic E-state index is 0.213. The molecule has 0 radical (unpaired) electrons. The van der Waals surface area contributed by atoms with Gasteiger partial charge in [-0.3, -0.25) is 0 Å². The van der Waals surface area contributed by atoms with Gasteiger partial charge in [-0.2, -0.15) is 0 Å². The first kappa shape index (κ1) is 16.9. The van der Waals surface area contributed by atoms with Crippen LogP contribution in [-0.2, 0) is 9.47 Å². The number of aliphatic hydroxyl groups is 1. The summed E-state index contributed by atoms with van der Waals surface area (Å²) in [5, 5.41) is 8.60. The Labute approximate surface area is 107 Å². The highest BCUT2D eigenvalue weighted by atomic mass is 16.5. The second-order valence-electron chi connectivity index (χ2n) is 4.54. The average Bonchev–Trinajstić information content (AvgIpc) is 2.36.